The van der Waals surface area contributed by atoms with E-state index in [-0.39, 0.29) is 4.74 Å². The summed E-state index contributed by atoms with van der Waals surface area (Å²) < 4.78 is -0.0738. The Bertz CT molecular complexity index is 598. The van der Waals surface area contributed by atoms with E-state index in [1.165, 1.54) is 35.2 Å². The van der Waals surface area contributed by atoms with Crippen LogP contribution in [-0.4, -0.2) is 0 Å². The maximum Gasteiger partial charge on any atom is 0.263 e. The van der Waals surface area contributed by atoms with Crippen molar-refractivity contribution in [3.05, 3.63) is 44.4 Å². The molecule has 2 aromatic rings. The highest BCUT2D eigenvalue weighted by Gasteiger charge is 2.19. The summed E-state index contributed by atoms with van der Waals surface area (Å²) >= 11 is 5.92. The van der Waals surface area contributed by atoms with Gasteiger partial charge in [-0.15, -0.1) is 0 Å². The number of benzene rings is 1. The van der Waals surface area contributed by atoms with Gasteiger partial charge < -0.3 is 5.32 Å². The minimum atomic E-state index is -0.0738. The van der Waals surface area contributed by atoms with Gasteiger partial charge in [0.1, 0.15) is 10.0 Å². The average molecular weight is 298 g/mol. The molecule has 0 radical (unpaired) electrons. The molecule has 0 bridgehead atoms. The molecule has 0 atom stereocenters. The molecule has 1 heterocycles. The summed E-state index contributed by atoms with van der Waals surface area (Å²) in [6.45, 7) is 0. The molecular weight excluding hydrogens is 286 g/mol. The number of anilines is 2. The van der Waals surface area contributed by atoms with Gasteiger partial charge in [0.2, 0.25) is 0 Å². The van der Waals surface area contributed by atoms with Gasteiger partial charge in [-0.05, 0) is 46.8 Å². The summed E-state index contributed by atoms with van der Waals surface area (Å²) in [6, 6.07) is 8.43. The van der Waals surface area contributed by atoms with Gasteiger partial charge in [0.15, 0.2) is 0 Å². The maximum atomic E-state index is 11.3. The van der Waals surface area contributed by atoms with Gasteiger partial charge in [0, 0.05) is 5.69 Å². The quantitative estimate of drug-likeness (QED) is 0.822. The van der Waals surface area contributed by atoms with Crippen molar-refractivity contribution in [2.75, 3.05) is 5.32 Å². The van der Waals surface area contributed by atoms with E-state index in [2.05, 4.69) is 29.6 Å². The van der Waals surface area contributed by atoms with Gasteiger partial charge in [-0.25, -0.2) is 0 Å². The van der Waals surface area contributed by atoms with Crippen molar-refractivity contribution in [1.29, 1.82) is 0 Å². The number of rotatable bonds is 3. The molecule has 1 aromatic heterocycles. The fourth-order valence-electron chi connectivity index (χ4n) is 2.03. The van der Waals surface area contributed by atoms with Gasteiger partial charge in [0.05, 0.1) is 0 Å². The Labute approximate surface area is 118 Å². The molecule has 0 amide bonds. The van der Waals surface area contributed by atoms with E-state index in [0.29, 0.717) is 5.02 Å². The third-order valence-corrected chi connectivity index (χ3v) is 6.02. The second-order valence-electron chi connectivity index (χ2n) is 4.47. The first kappa shape index (κ1) is 12.2. The molecule has 2 nitrogen and oxygen atoms in total. The normalized spacial score (nSPS) is 15.4. The fourth-order valence-corrected chi connectivity index (χ4v) is 4.41. The molecule has 5 heteroatoms. The van der Waals surface area contributed by atoms with Crippen molar-refractivity contribution < 1.29 is 0 Å². The lowest BCUT2D eigenvalue weighted by atomic mass is 9.80. The second kappa shape index (κ2) is 5.03. The van der Waals surface area contributed by atoms with Crippen LogP contribution in [0.5, 0.6) is 0 Å². The lowest BCUT2D eigenvalue weighted by Crippen LogP contribution is -2.08. The van der Waals surface area contributed by atoms with Gasteiger partial charge in [0.25, 0.3) is 4.74 Å². The van der Waals surface area contributed by atoms with Crippen LogP contribution in [0.1, 0.15) is 30.7 Å². The van der Waals surface area contributed by atoms with Crippen LogP contribution in [0, 0.1) is 0 Å². The first-order valence-corrected chi connectivity index (χ1v) is 8.42. The summed E-state index contributed by atoms with van der Waals surface area (Å²) in [5, 5.41) is 4.23. The lowest BCUT2D eigenvalue weighted by Gasteiger charge is -2.25. The third-order valence-electron chi connectivity index (χ3n) is 3.32. The Kier molecular flexibility index (Phi) is 3.41. The fraction of sp³-hybridized carbons (Fsp3) is 0.308. The first-order valence-electron chi connectivity index (χ1n) is 5.89. The largest absolute Gasteiger partial charge is 0.345 e. The van der Waals surface area contributed by atoms with Gasteiger partial charge in [-0.3, -0.25) is 4.79 Å². The Hall–Kier alpha value is -0.840. The molecule has 1 saturated carbocycles. The van der Waals surface area contributed by atoms with Crippen molar-refractivity contribution >= 4 is 43.0 Å². The molecular formula is C13H12ClNOS2. The van der Waals surface area contributed by atoms with Crippen molar-refractivity contribution in [2.24, 2.45) is 0 Å². The monoisotopic (exact) mass is 297 g/mol. The molecule has 0 unspecified atom stereocenters. The van der Waals surface area contributed by atoms with Gasteiger partial charge in [-0.2, -0.15) is 0 Å². The molecule has 18 heavy (non-hydrogen) atoms. The molecule has 1 N–H and O–H groups in total. The number of nitrogens with one attached hydrogen (secondary N) is 1. The average Bonchev–Trinajstić information content (AvgIpc) is 2.61. The van der Waals surface area contributed by atoms with Crippen LogP contribution < -0.4 is 10.1 Å². The zero-order chi connectivity index (χ0) is 12.5. The van der Waals surface area contributed by atoms with E-state index in [0.717, 1.165) is 26.9 Å². The Morgan fingerprint density at radius 1 is 1.17 bits per heavy atom. The smallest absolute Gasteiger partial charge is 0.263 e. The maximum absolute atomic E-state index is 11.3. The van der Waals surface area contributed by atoms with Crippen LogP contribution in [0.3, 0.4) is 0 Å². The van der Waals surface area contributed by atoms with E-state index >= 15 is 0 Å². The number of hydrogen-bond acceptors (Lipinski definition) is 4. The highest BCUT2D eigenvalue weighted by molar-refractivity contribution is 7.70. The summed E-state index contributed by atoms with van der Waals surface area (Å²) in [5.41, 5.74) is 2.39. The molecule has 0 aliphatic heterocycles. The zero-order valence-electron chi connectivity index (χ0n) is 9.61. The number of hydrogen-bond donors (Lipinski definition) is 1. The van der Waals surface area contributed by atoms with E-state index in [1.807, 2.05) is 0 Å². The second-order valence-corrected chi connectivity index (χ2v) is 6.96. The molecule has 1 aliphatic carbocycles. The van der Waals surface area contributed by atoms with Crippen molar-refractivity contribution in [2.45, 2.75) is 25.2 Å². The van der Waals surface area contributed by atoms with Crippen molar-refractivity contribution in [1.82, 2.24) is 0 Å². The molecule has 1 aliphatic rings. The summed E-state index contributed by atoms with van der Waals surface area (Å²) in [4.78, 5) is 11.3. The third kappa shape index (κ3) is 2.32. The predicted octanol–water partition coefficient (Wildman–Crippen LogP) is 4.83. The molecule has 0 spiro atoms. The predicted molar refractivity (Wildman–Crippen MR) is 79.8 cm³/mol. The Morgan fingerprint density at radius 3 is 2.39 bits per heavy atom. The van der Waals surface area contributed by atoms with Crippen molar-refractivity contribution in [3.8, 4) is 0 Å². The standard InChI is InChI=1S/C13H12ClNOS2/c14-11-12(17-18-13(11)16)15-10-6-4-9(5-7-10)8-2-1-3-8/h4-8,15H,1-3H2. The van der Waals surface area contributed by atoms with Crippen LogP contribution >= 0.6 is 32.3 Å². The molecule has 94 valence electrons. The molecule has 0 saturated heterocycles. The SMILES string of the molecule is O=c1ssc(Nc2ccc(C3CCC3)cc2)c1Cl. The van der Waals surface area contributed by atoms with Gasteiger partial charge >= 0.3 is 0 Å². The topological polar surface area (TPSA) is 29.1 Å². The first-order chi connectivity index (χ1) is 8.74. The molecule has 1 aromatic carbocycles. The lowest BCUT2D eigenvalue weighted by molar-refractivity contribution is 0.420. The minimum Gasteiger partial charge on any atom is -0.345 e. The van der Waals surface area contributed by atoms with E-state index < -0.39 is 0 Å². The molecule has 3 rings (SSSR count). The summed E-state index contributed by atoms with van der Waals surface area (Å²) in [5.74, 6) is 0.750. The molecule has 1 fully saturated rings. The van der Waals surface area contributed by atoms with E-state index in [1.54, 1.807) is 0 Å². The van der Waals surface area contributed by atoms with E-state index in [9.17, 15) is 4.79 Å². The van der Waals surface area contributed by atoms with Crippen LogP contribution in [0.4, 0.5) is 10.7 Å². The zero-order valence-corrected chi connectivity index (χ0v) is 12.0. The Morgan fingerprint density at radius 2 is 1.89 bits per heavy atom. The van der Waals surface area contributed by atoms with Gasteiger partial charge in [-0.1, -0.05) is 40.5 Å². The highest BCUT2D eigenvalue weighted by atomic mass is 35.5. The minimum absolute atomic E-state index is 0.0738. The van der Waals surface area contributed by atoms with Crippen LogP contribution in [-0.2, 0) is 0 Å². The van der Waals surface area contributed by atoms with Crippen LogP contribution in [0.15, 0.2) is 29.1 Å². The number of halogens is 1. The van der Waals surface area contributed by atoms with Crippen LogP contribution in [0.2, 0.25) is 5.02 Å². The highest BCUT2D eigenvalue weighted by Crippen LogP contribution is 2.37. The Balaban J connectivity index is 1.76. The van der Waals surface area contributed by atoms with Crippen molar-refractivity contribution in [3.63, 3.8) is 0 Å². The van der Waals surface area contributed by atoms with Crippen LogP contribution in [0.25, 0.3) is 0 Å². The van der Waals surface area contributed by atoms with E-state index in [4.69, 9.17) is 11.6 Å². The summed E-state index contributed by atoms with van der Waals surface area (Å²) in [6.07, 6.45) is 3.97. The summed E-state index contributed by atoms with van der Waals surface area (Å²) in [7, 11) is 2.55.